The van der Waals surface area contributed by atoms with E-state index in [0.29, 0.717) is 5.56 Å². The second kappa shape index (κ2) is 9.44. The van der Waals surface area contributed by atoms with Gasteiger partial charge in [0.1, 0.15) is 0 Å². The van der Waals surface area contributed by atoms with Crippen molar-refractivity contribution in [2.45, 2.75) is 26.8 Å². The van der Waals surface area contributed by atoms with Crippen LogP contribution in [0.3, 0.4) is 0 Å². The van der Waals surface area contributed by atoms with Crippen molar-refractivity contribution < 1.29 is 9.53 Å². The predicted octanol–water partition coefficient (Wildman–Crippen LogP) is 1.69. The van der Waals surface area contributed by atoms with Crippen molar-refractivity contribution in [2.24, 2.45) is 0 Å². The normalized spacial score (nSPS) is 10.8. The molecule has 1 aromatic rings. The third-order valence-corrected chi connectivity index (χ3v) is 3.27. The van der Waals surface area contributed by atoms with Crippen molar-refractivity contribution in [1.29, 1.82) is 0 Å². The monoisotopic (exact) mass is 279 g/mol. The molecule has 20 heavy (non-hydrogen) atoms. The standard InChI is InChI=1S/C15H25N3O2/c1-4-18(5-2)10-6-9-16-12-14-8-7-13(11-17-14)15(19)20-3/h7-8,11,16H,4-6,9-10,12H2,1-3H3. The molecule has 0 bridgehead atoms. The summed E-state index contributed by atoms with van der Waals surface area (Å²) in [5, 5.41) is 3.36. The molecule has 0 amide bonds. The van der Waals surface area contributed by atoms with Gasteiger partial charge in [-0.2, -0.15) is 0 Å². The first kappa shape index (κ1) is 16.6. The molecule has 1 N–H and O–H groups in total. The molecule has 0 spiro atoms. The SMILES string of the molecule is CCN(CC)CCCNCc1ccc(C(=O)OC)cn1. The van der Waals surface area contributed by atoms with E-state index in [1.807, 2.05) is 6.07 Å². The van der Waals surface area contributed by atoms with Crippen LogP contribution >= 0.6 is 0 Å². The zero-order valence-electron chi connectivity index (χ0n) is 12.7. The van der Waals surface area contributed by atoms with Crippen molar-refractivity contribution in [1.82, 2.24) is 15.2 Å². The lowest BCUT2D eigenvalue weighted by molar-refractivity contribution is 0.0600. The first-order valence-electron chi connectivity index (χ1n) is 7.17. The van der Waals surface area contributed by atoms with Crippen molar-refractivity contribution in [3.63, 3.8) is 0 Å². The number of carbonyl (C=O) groups is 1. The van der Waals surface area contributed by atoms with E-state index in [2.05, 4.69) is 33.8 Å². The molecule has 0 atom stereocenters. The quantitative estimate of drug-likeness (QED) is 0.551. The van der Waals surface area contributed by atoms with Gasteiger partial charge in [-0.25, -0.2) is 4.79 Å². The Kier molecular flexibility index (Phi) is 7.84. The summed E-state index contributed by atoms with van der Waals surface area (Å²) < 4.78 is 4.63. The van der Waals surface area contributed by atoms with Crippen molar-refractivity contribution in [2.75, 3.05) is 33.3 Å². The summed E-state index contributed by atoms with van der Waals surface area (Å²) in [6.45, 7) is 9.39. The Balaban J connectivity index is 2.24. The maximum atomic E-state index is 11.3. The summed E-state index contributed by atoms with van der Waals surface area (Å²) in [6.07, 6.45) is 2.68. The summed E-state index contributed by atoms with van der Waals surface area (Å²) in [6, 6.07) is 3.59. The van der Waals surface area contributed by atoms with Crippen LogP contribution in [0.2, 0.25) is 0 Å². The lowest BCUT2D eigenvalue weighted by atomic mass is 10.2. The molecule has 1 aromatic heterocycles. The fourth-order valence-electron chi connectivity index (χ4n) is 1.95. The second-order valence-electron chi connectivity index (χ2n) is 4.59. The number of nitrogens with one attached hydrogen (secondary N) is 1. The number of nitrogens with zero attached hydrogens (tertiary/aromatic N) is 2. The smallest absolute Gasteiger partial charge is 0.339 e. The number of hydrogen-bond acceptors (Lipinski definition) is 5. The number of methoxy groups -OCH3 is 1. The van der Waals surface area contributed by atoms with E-state index in [-0.39, 0.29) is 5.97 Å². The zero-order valence-corrected chi connectivity index (χ0v) is 12.7. The molecule has 0 radical (unpaired) electrons. The Morgan fingerprint density at radius 3 is 2.65 bits per heavy atom. The summed E-state index contributed by atoms with van der Waals surface area (Å²) in [4.78, 5) is 17.9. The highest BCUT2D eigenvalue weighted by Crippen LogP contribution is 2.01. The summed E-state index contributed by atoms with van der Waals surface area (Å²) in [5.41, 5.74) is 1.42. The molecular weight excluding hydrogens is 254 g/mol. The van der Waals surface area contributed by atoms with E-state index >= 15 is 0 Å². The zero-order chi connectivity index (χ0) is 14.8. The Morgan fingerprint density at radius 1 is 1.35 bits per heavy atom. The molecule has 0 aliphatic rings. The highest BCUT2D eigenvalue weighted by Gasteiger charge is 2.05. The lowest BCUT2D eigenvalue weighted by Gasteiger charge is -2.17. The van der Waals surface area contributed by atoms with Gasteiger partial charge in [0.2, 0.25) is 0 Å². The lowest BCUT2D eigenvalue weighted by Crippen LogP contribution is -2.27. The van der Waals surface area contributed by atoms with Crippen molar-refractivity contribution in [3.05, 3.63) is 29.6 Å². The minimum Gasteiger partial charge on any atom is -0.465 e. The summed E-state index contributed by atoms with van der Waals surface area (Å²) in [5.74, 6) is -0.351. The molecule has 0 aliphatic carbocycles. The van der Waals surface area contributed by atoms with Gasteiger partial charge < -0.3 is 15.0 Å². The molecule has 0 saturated heterocycles. The fourth-order valence-corrected chi connectivity index (χ4v) is 1.95. The van der Waals surface area contributed by atoms with Crippen LogP contribution in [0.1, 0.15) is 36.3 Å². The molecule has 0 aromatic carbocycles. The third-order valence-electron chi connectivity index (χ3n) is 3.27. The summed E-state index contributed by atoms with van der Waals surface area (Å²) in [7, 11) is 1.37. The Hall–Kier alpha value is -1.46. The molecule has 0 aliphatic heterocycles. The minimum atomic E-state index is -0.351. The average Bonchev–Trinajstić information content (AvgIpc) is 2.50. The Morgan fingerprint density at radius 2 is 2.10 bits per heavy atom. The van der Waals surface area contributed by atoms with Crippen LogP contribution in [-0.2, 0) is 11.3 Å². The highest BCUT2D eigenvalue weighted by molar-refractivity contribution is 5.88. The van der Waals surface area contributed by atoms with Crippen LogP contribution in [0, 0.1) is 0 Å². The highest BCUT2D eigenvalue weighted by atomic mass is 16.5. The molecule has 0 unspecified atom stereocenters. The number of ether oxygens (including phenoxy) is 1. The fraction of sp³-hybridized carbons (Fsp3) is 0.600. The molecular formula is C15H25N3O2. The van der Waals surface area contributed by atoms with Crippen molar-refractivity contribution in [3.8, 4) is 0 Å². The first-order valence-corrected chi connectivity index (χ1v) is 7.17. The van der Waals surface area contributed by atoms with Gasteiger partial charge in [0.05, 0.1) is 18.4 Å². The van der Waals surface area contributed by atoms with Crippen LogP contribution in [-0.4, -0.2) is 49.1 Å². The largest absolute Gasteiger partial charge is 0.465 e. The molecule has 0 fully saturated rings. The molecule has 112 valence electrons. The third kappa shape index (κ3) is 5.67. The van der Waals surface area contributed by atoms with E-state index in [9.17, 15) is 4.79 Å². The van der Waals surface area contributed by atoms with E-state index < -0.39 is 0 Å². The van der Waals surface area contributed by atoms with E-state index in [4.69, 9.17) is 0 Å². The maximum Gasteiger partial charge on any atom is 0.339 e. The van der Waals surface area contributed by atoms with Crippen LogP contribution in [0.5, 0.6) is 0 Å². The van der Waals surface area contributed by atoms with E-state index in [1.54, 1.807) is 12.3 Å². The van der Waals surface area contributed by atoms with Crippen LogP contribution in [0.25, 0.3) is 0 Å². The van der Waals surface area contributed by atoms with E-state index in [1.165, 1.54) is 7.11 Å². The van der Waals surface area contributed by atoms with Gasteiger partial charge in [-0.1, -0.05) is 13.8 Å². The van der Waals surface area contributed by atoms with Crippen molar-refractivity contribution >= 4 is 5.97 Å². The van der Waals surface area contributed by atoms with Gasteiger partial charge in [0, 0.05) is 12.7 Å². The maximum absolute atomic E-state index is 11.3. The second-order valence-corrected chi connectivity index (χ2v) is 4.59. The number of hydrogen-bond donors (Lipinski definition) is 1. The van der Waals surface area contributed by atoms with Crippen LogP contribution in [0.15, 0.2) is 18.3 Å². The van der Waals surface area contributed by atoms with Gasteiger partial charge in [0.25, 0.3) is 0 Å². The number of carbonyl (C=O) groups excluding carboxylic acids is 1. The van der Waals surface area contributed by atoms with Crippen LogP contribution in [0.4, 0.5) is 0 Å². The van der Waals surface area contributed by atoms with Gasteiger partial charge in [-0.05, 0) is 44.7 Å². The van der Waals surface area contributed by atoms with Gasteiger partial charge in [0.15, 0.2) is 0 Å². The topological polar surface area (TPSA) is 54.5 Å². The molecule has 5 nitrogen and oxygen atoms in total. The van der Waals surface area contributed by atoms with E-state index in [0.717, 1.165) is 44.8 Å². The van der Waals surface area contributed by atoms with Gasteiger partial charge in [-0.3, -0.25) is 4.98 Å². The minimum absolute atomic E-state index is 0.351. The number of esters is 1. The molecule has 1 rings (SSSR count). The Labute approximate surface area is 121 Å². The molecule has 1 heterocycles. The number of rotatable bonds is 9. The molecule has 0 saturated carbocycles. The number of pyridine rings is 1. The van der Waals surface area contributed by atoms with Gasteiger partial charge >= 0.3 is 5.97 Å². The predicted molar refractivity (Wildman–Crippen MR) is 79.7 cm³/mol. The molecule has 5 heteroatoms. The Bertz CT molecular complexity index is 389. The summed E-state index contributed by atoms with van der Waals surface area (Å²) >= 11 is 0. The first-order chi connectivity index (χ1) is 9.71. The number of aromatic nitrogens is 1. The van der Waals surface area contributed by atoms with Gasteiger partial charge in [-0.15, -0.1) is 0 Å². The average molecular weight is 279 g/mol. The van der Waals surface area contributed by atoms with Crippen LogP contribution < -0.4 is 5.32 Å².